The Morgan fingerprint density at radius 3 is 2.83 bits per heavy atom. The summed E-state index contributed by atoms with van der Waals surface area (Å²) in [6.45, 7) is 0. The molecule has 3 aromatic rings. The van der Waals surface area contributed by atoms with Gasteiger partial charge in [0, 0.05) is 37.5 Å². The topological polar surface area (TPSA) is 62.5 Å². The van der Waals surface area contributed by atoms with E-state index in [0.717, 1.165) is 41.9 Å². The molecule has 1 N–H and O–H groups in total. The Kier molecular flexibility index (Phi) is 3.45. The lowest BCUT2D eigenvalue weighted by Crippen LogP contribution is -2.09. The SMILES string of the molecule is CN(C)c1cccc(-c2cc(NC3CC3)n3ncc(C=O)c3n2)c1. The van der Waals surface area contributed by atoms with Gasteiger partial charge in [-0.25, -0.2) is 4.98 Å². The second-order valence-electron chi connectivity index (χ2n) is 6.34. The van der Waals surface area contributed by atoms with Crippen molar-refractivity contribution in [2.24, 2.45) is 0 Å². The van der Waals surface area contributed by atoms with E-state index < -0.39 is 0 Å². The Balaban J connectivity index is 1.88. The predicted octanol–water partition coefficient (Wildman–Crippen LogP) is 2.85. The van der Waals surface area contributed by atoms with Crippen LogP contribution in [0.4, 0.5) is 11.5 Å². The highest BCUT2D eigenvalue weighted by atomic mass is 16.1. The molecule has 1 fully saturated rings. The minimum atomic E-state index is 0.487. The van der Waals surface area contributed by atoms with Crippen LogP contribution in [0.1, 0.15) is 23.2 Å². The summed E-state index contributed by atoms with van der Waals surface area (Å²) < 4.78 is 1.71. The standard InChI is InChI=1S/C18H19N5O/c1-22(2)15-5-3-4-12(8-15)16-9-17(20-14-6-7-14)23-18(21-16)13(11-24)10-19-23/h3-5,8-11,14,20H,6-7H2,1-2H3. The van der Waals surface area contributed by atoms with E-state index in [1.165, 1.54) is 0 Å². The summed E-state index contributed by atoms with van der Waals surface area (Å²) in [5.74, 6) is 0.876. The van der Waals surface area contributed by atoms with Gasteiger partial charge in [-0.05, 0) is 25.0 Å². The van der Waals surface area contributed by atoms with E-state index in [-0.39, 0.29) is 0 Å². The predicted molar refractivity (Wildman–Crippen MR) is 94.8 cm³/mol. The van der Waals surface area contributed by atoms with E-state index >= 15 is 0 Å². The van der Waals surface area contributed by atoms with Gasteiger partial charge in [0.05, 0.1) is 17.5 Å². The average molecular weight is 321 g/mol. The van der Waals surface area contributed by atoms with Crippen molar-refractivity contribution < 1.29 is 4.79 Å². The van der Waals surface area contributed by atoms with Gasteiger partial charge in [0.1, 0.15) is 5.82 Å². The third-order valence-corrected chi connectivity index (χ3v) is 4.21. The van der Waals surface area contributed by atoms with Crippen LogP contribution in [0.5, 0.6) is 0 Å². The molecule has 2 aromatic heterocycles. The lowest BCUT2D eigenvalue weighted by molar-refractivity contribution is 0.112. The molecule has 4 rings (SSSR count). The van der Waals surface area contributed by atoms with Gasteiger partial charge in [-0.2, -0.15) is 9.61 Å². The number of nitrogens with zero attached hydrogens (tertiary/aromatic N) is 4. The van der Waals surface area contributed by atoms with Crippen LogP contribution in [0.25, 0.3) is 16.9 Å². The van der Waals surface area contributed by atoms with E-state index in [4.69, 9.17) is 0 Å². The first-order chi connectivity index (χ1) is 11.7. The summed E-state index contributed by atoms with van der Waals surface area (Å²) >= 11 is 0. The Bertz CT molecular complexity index is 911. The van der Waals surface area contributed by atoms with Crippen molar-refractivity contribution in [1.29, 1.82) is 0 Å². The molecule has 0 saturated heterocycles. The molecular formula is C18H19N5O. The lowest BCUT2D eigenvalue weighted by atomic mass is 10.1. The molecule has 0 unspecified atom stereocenters. The van der Waals surface area contributed by atoms with Crippen molar-refractivity contribution in [3.63, 3.8) is 0 Å². The molecule has 0 spiro atoms. The molecule has 122 valence electrons. The largest absolute Gasteiger partial charge is 0.378 e. The van der Waals surface area contributed by atoms with Crippen LogP contribution in [0.15, 0.2) is 36.5 Å². The third-order valence-electron chi connectivity index (χ3n) is 4.21. The lowest BCUT2D eigenvalue weighted by Gasteiger charge is -2.14. The molecule has 1 aliphatic rings. The molecule has 1 saturated carbocycles. The minimum Gasteiger partial charge on any atom is -0.378 e. The molecule has 6 nitrogen and oxygen atoms in total. The van der Waals surface area contributed by atoms with Crippen LogP contribution < -0.4 is 10.2 Å². The van der Waals surface area contributed by atoms with Crippen molar-refractivity contribution in [3.05, 3.63) is 42.1 Å². The van der Waals surface area contributed by atoms with Crippen LogP contribution in [0.3, 0.4) is 0 Å². The number of aldehydes is 1. The fourth-order valence-corrected chi connectivity index (χ4v) is 2.69. The smallest absolute Gasteiger partial charge is 0.168 e. The monoisotopic (exact) mass is 321 g/mol. The second kappa shape index (κ2) is 5.63. The zero-order chi connectivity index (χ0) is 16.7. The van der Waals surface area contributed by atoms with Gasteiger partial charge in [-0.1, -0.05) is 12.1 Å². The highest BCUT2D eigenvalue weighted by molar-refractivity contribution is 5.85. The fraction of sp³-hybridized carbons (Fsp3) is 0.278. The molecule has 0 bridgehead atoms. The van der Waals surface area contributed by atoms with Gasteiger partial charge in [-0.3, -0.25) is 4.79 Å². The average Bonchev–Trinajstić information content (AvgIpc) is 3.31. The van der Waals surface area contributed by atoms with Crippen LogP contribution in [0, 0.1) is 0 Å². The number of nitrogens with one attached hydrogen (secondary N) is 1. The van der Waals surface area contributed by atoms with Crippen LogP contribution in [0.2, 0.25) is 0 Å². The summed E-state index contributed by atoms with van der Waals surface area (Å²) in [5, 5.41) is 7.78. The maximum Gasteiger partial charge on any atom is 0.168 e. The van der Waals surface area contributed by atoms with Crippen molar-refractivity contribution in [2.75, 3.05) is 24.3 Å². The molecular weight excluding hydrogens is 302 g/mol. The highest BCUT2D eigenvalue weighted by Crippen LogP contribution is 2.29. The quantitative estimate of drug-likeness (QED) is 0.732. The molecule has 24 heavy (non-hydrogen) atoms. The zero-order valence-electron chi connectivity index (χ0n) is 13.7. The van der Waals surface area contributed by atoms with Crippen molar-refractivity contribution in [2.45, 2.75) is 18.9 Å². The zero-order valence-corrected chi connectivity index (χ0v) is 13.7. The van der Waals surface area contributed by atoms with Crippen molar-refractivity contribution in [3.8, 4) is 11.3 Å². The number of benzene rings is 1. The minimum absolute atomic E-state index is 0.487. The molecule has 1 aromatic carbocycles. The summed E-state index contributed by atoms with van der Waals surface area (Å²) in [5.41, 5.74) is 4.04. The normalized spacial score (nSPS) is 13.9. The van der Waals surface area contributed by atoms with Crippen LogP contribution in [-0.4, -0.2) is 41.0 Å². The van der Waals surface area contributed by atoms with Crippen molar-refractivity contribution in [1.82, 2.24) is 14.6 Å². The number of hydrogen-bond donors (Lipinski definition) is 1. The van der Waals surface area contributed by atoms with E-state index in [1.807, 2.05) is 32.3 Å². The Morgan fingerprint density at radius 2 is 2.12 bits per heavy atom. The highest BCUT2D eigenvalue weighted by Gasteiger charge is 2.23. The molecule has 0 radical (unpaired) electrons. The summed E-state index contributed by atoms with van der Waals surface area (Å²) in [6, 6.07) is 10.7. The Labute approximate surface area is 140 Å². The van der Waals surface area contributed by atoms with E-state index in [1.54, 1.807) is 10.7 Å². The van der Waals surface area contributed by atoms with Gasteiger partial charge in [0.25, 0.3) is 0 Å². The van der Waals surface area contributed by atoms with Gasteiger partial charge in [-0.15, -0.1) is 0 Å². The molecule has 6 heteroatoms. The summed E-state index contributed by atoms with van der Waals surface area (Å²) in [7, 11) is 4.02. The fourth-order valence-electron chi connectivity index (χ4n) is 2.69. The Hall–Kier alpha value is -2.89. The first kappa shape index (κ1) is 14.7. The number of aromatic nitrogens is 3. The number of carbonyl (C=O) groups is 1. The van der Waals surface area contributed by atoms with Gasteiger partial charge in [0.15, 0.2) is 11.9 Å². The van der Waals surface area contributed by atoms with Gasteiger partial charge in [0.2, 0.25) is 0 Å². The van der Waals surface area contributed by atoms with E-state index in [9.17, 15) is 4.79 Å². The maximum atomic E-state index is 11.3. The first-order valence-corrected chi connectivity index (χ1v) is 8.04. The number of rotatable bonds is 5. The van der Waals surface area contributed by atoms with Gasteiger partial charge < -0.3 is 10.2 Å². The summed E-state index contributed by atoms with van der Waals surface area (Å²) in [4.78, 5) is 18.0. The maximum absolute atomic E-state index is 11.3. The van der Waals surface area contributed by atoms with E-state index in [0.29, 0.717) is 17.3 Å². The molecule has 0 aliphatic heterocycles. The van der Waals surface area contributed by atoms with Crippen LogP contribution in [-0.2, 0) is 0 Å². The number of anilines is 2. The van der Waals surface area contributed by atoms with E-state index in [2.05, 4.69) is 32.4 Å². The van der Waals surface area contributed by atoms with Crippen molar-refractivity contribution >= 4 is 23.4 Å². The summed E-state index contributed by atoms with van der Waals surface area (Å²) in [6.07, 6.45) is 4.69. The van der Waals surface area contributed by atoms with Gasteiger partial charge >= 0.3 is 0 Å². The number of carbonyl (C=O) groups excluding carboxylic acids is 1. The van der Waals surface area contributed by atoms with Crippen LogP contribution >= 0.6 is 0 Å². The second-order valence-corrected chi connectivity index (χ2v) is 6.34. The Morgan fingerprint density at radius 1 is 1.29 bits per heavy atom. The first-order valence-electron chi connectivity index (χ1n) is 8.04. The third kappa shape index (κ3) is 2.60. The molecule has 2 heterocycles. The molecule has 0 atom stereocenters. The number of hydrogen-bond acceptors (Lipinski definition) is 5. The molecule has 1 aliphatic carbocycles. The molecule has 0 amide bonds. The number of fused-ring (bicyclic) bond motifs is 1.